The number of ether oxygens (including phenoxy) is 1. The molecule has 0 saturated heterocycles. The van der Waals surface area contributed by atoms with Gasteiger partial charge >= 0.3 is 183 Å². The number of carbonyl (C=O) groups excluding carboxylic acids is 1. The van der Waals surface area contributed by atoms with Crippen molar-refractivity contribution in [2.45, 2.75) is 12.8 Å². The van der Waals surface area contributed by atoms with Gasteiger partial charge in [-0.1, -0.05) is 0 Å². The van der Waals surface area contributed by atoms with Crippen LogP contribution in [-0.2, 0) is 11.7 Å². The van der Waals surface area contributed by atoms with Gasteiger partial charge in [-0.05, 0) is 0 Å². The molecule has 0 aromatic heterocycles. The number of hydrogen-bond acceptors (Lipinski definition) is 5. The van der Waals surface area contributed by atoms with Crippen LogP contribution in [0, 0.1) is 5.82 Å². The first-order valence-corrected chi connectivity index (χ1v) is 14.0. The average Bonchev–Trinajstić information content (AvgIpc) is 2.72. The van der Waals surface area contributed by atoms with Crippen molar-refractivity contribution in [2.75, 3.05) is 10.6 Å². The van der Waals surface area contributed by atoms with Gasteiger partial charge < -0.3 is 0 Å². The van der Waals surface area contributed by atoms with E-state index in [0.29, 0.717) is 28.5 Å². The van der Waals surface area contributed by atoms with E-state index in [0.717, 1.165) is 5.76 Å². The van der Waals surface area contributed by atoms with E-state index in [1.807, 2.05) is 0 Å². The number of halogens is 3. The van der Waals surface area contributed by atoms with Crippen molar-refractivity contribution < 1.29 is 42.4 Å². The number of nitrogens with one attached hydrogen (secondary N) is 1. The SMILES string of the molecule is COC1=CC=C(S(=O)(=O)[I-]Nc2ccc(Cl)cc2C(=O)c2ccccc2F)CC1. The summed E-state index contributed by atoms with van der Waals surface area (Å²) in [5.74, 6) is -0.497. The van der Waals surface area contributed by atoms with Crippen LogP contribution in [0.4, 0.5) is 10.1 Å². The van der Waals surface area contributed by atoms with E-state index in [1.54, 1.807) is 31.4 Å². The van der Waals surface area contributed by atoms with Crippen molar-refractivity contribution in [2.24, 2.45) is 0 Å². The van der Waals surface area contributed by atoms with E-state index < -0.39 is 38.7 Å². The maximum atomic E-state index is 14.1. The van der Waals surface area contributed by atoms with E-state index in [9.17, 15) is 17.6 Å². The van der Waals surface area contributed by atoms with Gasteiger partial charge in [-0.25, -0.2) is 0 Å². The van der Waals surface area contributed by atoms with Crippen LogP contribution < -0.4 is 23.6 Å². The molecule has 0 spiro atoms. The fourth-order valence-electron chi connectivity index (χ4n) is 2.69. The molecule has 5 nitrogen and oxygen atoms in total. The van der Waals surface area contributed by atoms with Gasteiger partial charge in [-0.2, -0.15) is 0 Å². The van der Waals surface area contributed by atoms with Crippen molar-refractivity contribution in [1.29, 1.82) is 0 Å². The second-order valence-corrected chi connectivity index (χ2v) is 13.4. The van der Waals surface area contributed by atoms with E-state index in [4.69, 9.17) is 16.3 Å². The molecule has 0 aliphatic heterocycles. The summed E-state index contributed by atoms with van der Waals surface area (Å²) in [6, 6.07) is 10.1. The maximum absolute atomic E-state index is 14.1. The zero-order chi connectivity index (χ0) is 21.0. The Morgan fingerprint density at radius 2 is 1.90 bits per heavy atom. The molecule has 0 fully saturated rings. The fourth-order valence-corrected chi connectivity index (χ4v) is 7.72. The molecule has 2 aromatic carbocycles. The van der Waals surface area contributed by atoms with Crippen molar-refractivity contribution in [3.8, 4) is 0 Å². The Bertz CT molecular complexity index is 1120. The summed E-state index contributed by atoms with van der Waals surface area (Å²) in [6.45, 7) is 0. The van der Waals surface area contributed by atoms with Crippen molar-refractivity contribution in [3.63, 3.8) is 0 Å². The Kier molecular flexibility index (Phi) is 6.97. The zero-order valence-electron chi connectivity index (χ0n) is 15.3. The summed E-state index contributed by atoms with van der Waals surface area (Å²) in [4.78, 5) is 13.2. The number of carbonyl (C=O) groups is 1. The van der Waals surface area contributed by atoms with Gasteiger partial charge in [0.05, 0.1) is 0 Å². The molecule has 0 heterocycles. The van der Waals surface area contributed by atoms with E-state index >= 15 is 0 Å². The molecular weight excluding hydrogens is 532 g/mol. The number of anilines is 1. The number of benzene rings is 2. The van der Waals surface area contributed by atoms with Gasteiger partial charge in [0.1, 0.15) is 0 Å². The molecule has 0 atom stereocenters. The predicted molar refractivity (Wildman–Crippen MR) is 106 cm³/mol. The second-order valence-electron chi connectivity index (χ2n) is 6.08. The molecule has 0 bridgehead atoms. The Morgan fingerprint density at radius 1 is 1.14 bits per heavy atom. The molecule has 9 heteroatoms. The molecule has 0 unspecified atom stereocenters. The number of methoxy groups -OCH3 is 1. The summed E-state index contributed by atoms with van der Waals surface area (Å²) in [6.07, 6.45) is 4.08. The number of allylic oxidation sites excluding steroid dienone is 4. The topological polar surface area (TPSA) is 72.5 Å². The summed E-state index contributed by atoms with van der Waals surface area (Å²) in [5.41, 5.74) is 0.325. The van der Waals surface area contributed by atoms with Crippen LogP contribution in [0.2, 0.25) is 5.02 Å². The first kappa shape index (κ1) is 21.8. The molecule has 1 aliphatic carbocycles. The minimum atomic E-state index is -3.50. The molecular formula is C20H17ClFINO4S-. The molecule has 3 rings (SSSR count). The van der Waals surface area contributed by atoms with Crippen LogP contribution in [0.1, 0.15) is 28.8 Å². The number of hydrogen-bond donors (Lipinski definition) is 1. The third-order valence-electron chi connectivity index (χ3n) is 4.23. The Hall–Kier alpha value is -1.91. The van der Waals surface area contributed by atoms with E-state index in [2.05, 4.69) is 3.53 Å². The molecule has 1 aliphatic rings. The van der Waals surface area contributed by atoms with Gasteiger partial charge in [0.25, 0.3) is 0 Å². The number of rotatable bonds is 7. The van der Waals surface area contributed by atoms with E-state index in [1.165, 1.54) is 30.3 Å². The van der Waals surface area contributed by atoms with Crippen LogP contribution in [0.5, 0.6) is 0 Å². The Morgan fingerprint density at radius 3 is 2.55 bits per heavy atom. The third kappa shape index (κ3) is 5.18. The molecule has 154 valence electrons. The minimum absolute atomic E-state index is 0.105. The molecule has 1 N–H and O–H groups in total. The Balaban J connectivity index is 1.85. The molecule has 29 heavy (non-hydrogen) atoms. The molecule has 0 amide bonds. The average molecular weight is 549 g/mol. The van der Waals surface area contributed by atoms with Crippen molar-refractivity contribution in [3.05, 3.63) is 87.2 Å². The molecule has 0 saturated carbocycles. The normalized spacial score (nSPS) is 14.2. The zero-order valence-corrected chi connectivity index (χ0v) is 19.0. The predicted octanol–water partition coefficient (Wildman–Crippen LogP) is 1.66. The van der Waals surface area contributed by atoms with Crippen LogP contribution in [-0.4, -0.2) is 21.3 Å². The summed E-state index contributed by atoms with van der Waals surface area (Å²) >= 11 is 4.44. The van der Waals surface area contributed by atoms with Gasteiger partial charge in [-0.15, -0.1) is 0 Å². The van der Waals surface area contributed by atoms with Crippen LogP contribution >= 0.6 is 11.6 Å². The number of ketones is 1. The van der Waals surface area contributed by atoms with Crippen LogP contribution in [0.3, 0.4) is 0 Å². The van der Waals surface area contributed by atoms with Crippen LogP contribution in [0.25, 0.3) is 0 Å². The van der Waals surface area contributed by atoms with Gasteiger partial charge in [0.15, 0.2) is 0 Å². The quantitative estimate of drug-likeness (QED) is 0.247. The fraction of sp³-hybridized carbons (Fsp3) is 0.150. The molecule has 2 aromatic rings. The summed E-state index contributed by atoms with van der Waals surface area (Å²) in [7, 11) is -1.95. The first-order chi connectivity index (χ1) is 13.8. The second kappa shape index (κ2) is 9.27. The third-order valence-corrected chi connectivity index (χ3v) is 10.4. The van der Waals surface area contributed by atoms with Gasteiger partial charge in [-0.3, -0.25) is 0 Å². The molecule has 0 radical (unpaired) electrons. The monoisotopic (exact) mass is 548 g/mol. The first-order valence-electron chi connectivity index (χ1n) is 8.51. The van der Waals surface area contributed by atoms with E-state index in [-0.39, 0.29) is 11.1 Å². The Labute approximate surface area is 182 Å². The van der Waals surface area contributed by atoms with Crippen molar-refractivity contribution >= 4 is 30.1 Å². The van der Waals surface area contributed by atoms with Gasteiger partial charge in [0.2, 0.25) is 0 Å². The van der Waals surface area contributed by atoms with Gasteiger partial charge in [0, 0.05) is 0 Å². The summed E-state index contributed by atoms with van der Waals surface area (Å²) < 4.78 is 47.5. The van der Waals surface area contributed by atoms with Crippen molar-refractivity contribution in [1.82, 2.24) is 0 Å². The summed E-state index contributed by atoms with van der Waals surface area (Å²) in [5, 5.41) is 0.295. The van der Waals surface area contributed by atoms with Crippen LogP contribution in [0.15, 0.2) is 65.3 Å². The standard InChI is InChI=1S/C20H17ClFINO4S/c1-28-14-7-9-15(10-8-14)29(26,27)23-24-19-11-6-13(21)12-17(19)20(25)16-4-2-3-5-18(16)22/h2-7,9,11-12,24H,8,10H2,1H3/q-1.